The zero-order chi connectivity index (χ0) is 19.1. The Balaban J connectivity index is 1.65. The molecule has 0 atom stereocenters. The molecule has 0 saturated heterocycles. The number of ether oxygens (including phenoxy) is 1. The largest absolute Gasteiger partial charge is 0.488 e. The van der Waals surface area contributed by atoms with Gasteiger partial charge in [-0.1, -0.05) is 41.9 Å². The first-order valence-electron chi connectivity index (χ1n) is 8.12. The van der Waals surface area contributed by atoms with E-state index in [0.717, 1.165) is 11.1 Å². The van der Waals surface area contributed by atoms with Crippen molar-refractivity contribution in [3.05, 3.63) is 99.1 Å². The Morgan fingerprint density at radius 3 is 2.48 bits per heavy atom. The molecule has 0 bridgehead atoms. The average Bonchev–Trinajstić information content (AvgIpc) is 2.69. The number of non-ortho nitro benzene ring substituents is 1. The highest BCUT2D eigenvalue weighted by Gasteiger charge is 2.05. The highest BCUT2D eigenvalue weighted by atomic mass is 35.5. The molecule has 27 heavy (non-hydrogen) atoms. The molecule has 0 aliphatic heterocycles. The van der Waals surface area contributed by atoms with E-state index in [9.17, 15) is 10.1 Å². The van der Waals surface area contributed by atoms with E-state index < -0.39 is 4.92 Å². The van der Waals surface area contributed by atoms with Crippen molar-refractivity contribution in [3.63, 3.8) is 0 Å². The van der Waals surface area contributed by atoms with E-state index in [0.29, 0.717) is 23.1 Å². The maximum atomic E-state index is 10.7. The van der Waals surface area contributed by atoms with Crippen LogP contribution in [0.2, 0.25) is 5.02 Å². The van der Waals surface area contributed by atoms with Gasteiger partial charge in [-0.25, -0.2) is 0 Å². The van der Waals surface area contributed by atoms with Gasteiger partial charge in [-0.15, -0.1) is 0 Å². The van der Waals surface area contributed by atoms with Gasteiger partial charge in [0.2, 0.25) is 0 Å². The molecule has 7 heteroatoms. The molecule has 0 fully saturated rings. The third-order valence-electron chi connectivity index (χ3n) is 3.74. The Labute approximate surface area is 161 Å². The second-order valence-electron chi connectivity index (χ2n) is 5.59. The van der Waals surface area contributed by atoms with Crippen LogP contribution in [0.3, 0.4) is 0 Å². The number of benzene rings is 3. The molecule has 6 nitrogen and oxygen atoms in total. The van der Waals surface area contributed by atoms with Gasteiger partial charge in [0, 0.05) is 28.3 Å². The summed E-state index contributed by atoms with van der Waals surface area (Å²) in [4.78, 5) is 10.2. The number of hydrogen-bond donors (Lipinski definition) is 1. The lowest BCUT2D eigenvalue weighted by atomic mass is 10.2. The van der Waals surface area contributed by atoms with Gasteiger partial charge in [-0.05, 0) is 30.3 Å². The Morgan fingerprint density at radius 2 is 1.74 bits per heavy atom. The van der Waals surface area contributed by atoms with Crippen molar-refractivity contribution in [1.29, 1.82) is 0 Å². The number of nitrogens with one attached hydrogen (secondary N) is 1. The summed E-state index contributed by atoms with van der Waals surface area (Å²) in [6.45, 7) is 0.348. The SMILES string of the molecule is O=[N+]([O-])c1ccc(N/N=C/c2ccccc2OCc2ccccc2Cl)cc1. The summed E-state index contributed by atoms with van der Waals surface area (Å²) < 4.78 is 5.87. The maximum absolute atomic E-state index is 10.7. The molecule has 3 aromatic carbocycles. The number of hydrogen-bond acceptors (Lipinski definition) is 5. The molecule has 0 heterocycles. The van der Waals surface area contributed by atoms with Crippen molar-refractivity contribution in [1.82, 2.24) is 0 Å². The summed E-state index contributed by atoms with van der Waals surface area (Å²) in [5, 5.41) is 15.5. The highest BCUT2D eigenvalue weighted by molar-refractivity contribution is 6.31. The van der Waals surface area contributed by atoms with E-state index in [1.165, 1.54) is 12.1 Å². The van der Waals surface area contributed by atoms with Crippen LogP contribution in [0.1, 0.15) is 11.1 Å². The molecule has 1 N–H and O–H groups in total. The number of nitrogens with zero attached hydrogens (tertiary/aromatic N) is 2. The Hall–Kier alpha value is -3.38. The molecule has 0 aliphatic carbocycles. The van der Waals surface area contributed by atoms with Crippen molar-refractivity contribution in [2.45, 2.75) is 6.61 Å². The van der Waals surface area contributed by atoms with Gasteiger partial charge in [-0.2, -0.15) is 5.10 Å². The lowest BCUT2D eigenvalue weighted by Crippen LogP contribution is -1.99. The monoisotopic (exact) mass is 381 g/mol. The van der Waals surface area contributed by atoms with E-state index in [2.05, 4.69) is 10.5 Å². The lowest BCUT2D eigenvalue weighted by Gasteiger charge is -2.10. The number of rotatable bonds is 7. The van der Waals surface area contributed by atoms with Crippen molar-refractivity contribution in [2.24, 2.45) is 5.10 Å². The van der Waals surface area contributed by atoms with Gasteiger partial charge < -0.3 is 4.74 Å². The molecular weight excluding hydrogens is 366 g/mol. The highest BCUT2D eigenvalue weighted by Crippen LogP contribution is 2.21. The third kappa shape index (κ3) is 5.05. The predicted octanol–water partition coefficient (Wildman–Crippen LogP) is 5.27. The van der Waals surface area contributed by atoms with E-state index in [1.54, 1.807) is 18.3 Å². The molecule has 0 saturated carbocycles. The van der Waals surface area contributed by atoms with Crippen LogP contribution < -0.4 is 10.2 Å². The lowest BCUT2D eigenvalue weighted by molar-refractivity contribution is -0.384. The van der Waals surface area contributed by atoms with E-state index in [4.69, 9.17) is 16.3 Å². The van der Waals surface area contributed by atoms with E-state index in [-0.39, 0.29) is 5.69 Å². The van der Waals surface area contributed by atoms with Crippen molar-refractivity contribution < 1.29 is 9.66 Å². The number of halogens is 1. The minimum Gasteiger partial charge on any atom is -0.488 e. The predicted molar refractivity (Wildman–Crippen MR) is 107 cm³/mol. The first kappa shape index (κ1) is 18.4. The van der Waals surface area contributed by atoms with Crippen molar-refractivity contribution in [2.75, 3.05) is 5.43 Å². The summed E-state index contributed by atoms with van der Waals surface area (Å²) in [5.41, 5.74) is 5.20. The fourth-order valence-corrected chi connectivity index (χ4v) is 2.51. The molecule has 0 spiro atoms. The number of para-hydroxylation sites is 1. The molecule has 0 aliphatic rings. The summed E-state index contributed by atoms with van der Waals surface area (Å²) in [5.74, 6) is 0.673. The number of hydrazone groups is 1. The Bertz CT molecular complexity index is 959. The summed E-state index contributed by atoms with van der Waals surface area (Å²) in [6, 6.07) is 21.0. The smallest absolute Gasteiger partial charge is 0.269 e. The fourth-order valence-electron chi connectivity index (χ4n) is 2.32. The molecule has 0 unspecified atom stereocenters. The Kier molecular flexibility index (Phi) is 6.02. The quantitative estimate of drug-likeness (QED) is 0.343. The number of anilines is 1. The second-order valence-corrected chi connectivity index (χ2v) is 6.00. The molecule has 3 aromatic rings. The van der Waals surface area contributed by atoms with Crippen LogP contribution in [0.15, 0.2) is 77.9 Å². The van der Waals surface area contributed by atoms with Crippen LogP contribution in [0.4, 0.5) is 11.4 Å². The van der Waals surface area contributed by atoms with Gasteiger partial charge in [0.25, 0.3) is 5.69 Å². The van der Waals surface area contributed by atoms with Crippen molar-refractivity contribution >= 4 is 29.2 Å². The molecule has 3 rings (SSSR count). The Morgan fingerprint density at radius 1 is 1.04 bits per heavy atom. The molecule has 136 valence electrons. The van der Waals surface area contributed by atoms with Crippen LogP contribution in [0, 0.1) is 10.1 Å². The second kappa shape index (κ2) is 8.82. The molecule has 0 radical (unpaired) electrons. The maximum Gasteiger partial charge on any atom is 0.269 e. The zero-order valence-corrected chi connectivity index (χ0v) is 15.0. The first-order chi connectivity index (χ1) is 13.1. The van der Waals surface area contributed by atoms with Crippen LogP contribution in [-0.4, -0.2) is 11.1 Å². The summed E-state index contributed by atoms with van der Waals surface area (Å²) >= 11 is 6.15. The van der Waals surface area contributed by atoms with Gasteiger partial charge in [-0.3, -0.25) is 15.5 Å². The zero-order valence-electron chi connectivity index (χ0n) is 14.2. The molecular formula is C20H16ClN3O3. The van der Waals surface area contributed by atoms with Crippen LogP contribution in [0.5, 0.6) is 5.75 Å². The van der Waals surface area contributed by atoms with E-state index in [1.807, 2.05) is 48.5 Å². The average molecular weight is 382 g/mol. The summed E-state index contributed by atoms with van der Waals surface area (Å²) in [6.07, 6.45) is 1.63. The van der Waals surface area contributed by atoms with Gasteiger partial charge in [0.05, 0.1) is 16.8 Å². The molecule has 0 amide bonds. The fraction of sp³-hybridized carbons (Fsp3) is 0.0500. The summed E-state index contributed by atoms with van der Waals surface area (Å²) in [7, 11) is 0. The van der Waals surface area contributed by atoms with Crippen LogP contribution in [0.25, 0.3) is 0 Å². The molecule has 0 aromatic heterocycles. The van der Waals surface area contributed by atoms with Crippen LogP contribution in [-0.2, 0) is 6.61 Å². The normalized spacial score (nSPS) is 10.7. The van der Waals surface area contributed by atoms with Gasteiger partial charge >= 0.3 is 0 Å². The van der Waals surface area contributed by atoms with Gasteiger partial charge in [0.15, 0.2) is 0 Å². The standard InChI is InChI=1S/C20H16ClN3O3/c21-19-7-3-1-6-16(19)14-27-20-8-4-2-5-15(20)13-22-23-17-9-11-18(12-10-17)24(25)26/h1-13,23H,14H2/b22-13+. The topological polar surface area (TPSA) is 76.8 Å². The van der Waals surface area contributed by atoms with Gasteiger partial charge in [0.1, 0.15) is 12.4 Å². The third-order valence-corrected chi connectivity index (χ3v) is 4.10. The van der Waals surface area contributed by atoms with E-state index >= 15 is 0 Å². The first-order valence-corrected chi connectivity index (χ1v) is 8.50. The van der Waals surface area contributed by atoms with Crippen molar-refractivity contribution in [3.8, 4) is 5.75 Å². The van der Waals surface area contributed by atoms with Crippen LogP contribution >= 0.6 is 11.6 Å². The number of nitro benzene ring substituents is 1. The number of nitro groups is 1. The minimum absolute atomic E-state index is 0.0304. The minimum atomic E-state index is -0.445.